The summed E-state index contributed by atoms with van der Waals surface area (Å²) < 4.78 is 0. The summed E-state index contributed by atoms with van der Waals surface area (Å²) in [4.78, 5) is 48.6. The Morgan fingerprint density at radius 3 is 2.60 bits per heavy atom. The molecule has 0 aromatic rings. The first kappa shape index (κ1) is 14.3. The van der Waals surface area contributed by atoms with Crippen molar-refractivity contribution >= 4 is 23.8 Å². The number of carboxylic acids is 1. The second kappa shape index (κ2) is 5.48. The van der Waals surface area contributed by atoms with Crippen molar-refractivity contribution in [1.82, 2.24) is 15.1 Å². The molecule has 1 unspecified atom stereocenters. The third-order valence-electron chi connectivity index (χ3n) is 3.47. The van der Waals surface area contributed by atoms with Gasteiger partial charge in [0.1, 0.15) is 12.6 Å². The zero-order chi connectivity index (χ0) is 14.9. The van der Waals surface area contributed by atoms with Gasteiger partial charge in [0, 0.05) is 12.6 Å². The lowest BCUT2D eigenvalue weighted by Gasteiger charge is -2.36. The van der Waals surface area contributed by atoms with E-state index >= 15 is 0 Å². The van der Waals surface area contributed by atoms with Crippen LogP contribution in [-0.2, 0) is 14.4 Å². The SMILES string of the molecule is CC1C(=O)NC(=O)CN1C(=O)N(CCC(=O)O)C1CC1. The maximum absolute atomic E-state index is 12.4. The van der Waals surface area contributed by atoms with Crippen molar-refractivity contribution in [3.63, 3.8) is 0 Å². The van der Waals surface area contributed by atoms with Gasteiger partial charge < -0.3 is 14.9 Å². The van der Waals surface area contributed by atoms with Gasteiger partial charge in [-0.1, -0.05) is 0 Å². The molecule has 4 amide bonds. The molecule has 8 heteroatoms. The van der Waals surface area contributed by atoms with Crippen LogP contribution in [0.3, 0.4) is 0 Å². The third kappa shape index (κ3) is 3.06. The van der Waals surface area contributed by atoms with Gasteiger partial charge in [-0.25, -0.2) is 4.79 Å². The van der Waals surface area contributed by atoms with Gasteiger partial charge in [0.05, 0.1) is 6.42 Å². The van der Waals surface area contributed by atoms with Crippen LogP contribution in [0.4, 0.5) is 4.79 Å². The third-order valence-corrected chi connectivity index (χ3v) is 3.47. The minimum Gasteiger partial charge on any atom is -0.481 e. The van der Waals surface area contributed by atoms with Gasteiger partial charge in [-0.05, 0) is 19.8 Å². The fourth-order valence-electron chi connectivity index (χ4n) is 2.15. The zero-order valence-electron chi connectivity index (χ0n) is 11.2. The van der Waals surface area contributed by atoms with E-state index in [1.165, 1.54) is 9.80 Å². The summed E-state index contributed by atoms with van der Waals surface area (Å²) >= 11 is 0. The maximum Gasteiger partial charge on any atom is 0.321 e. The Bertz CT molecular complexity index is 460. The number of hydrogen-bond acceptors (Lipinski definition) is 4. The number of piperazine rings is 1. The highest BCUT2D eigenvalue weighted by Gasteiger charge is 2.40. The smallest absolute Gasteiger partial charge is 0.321 e. The Morgan fingerprint density at radius 1 is 1.40 bits per heavy atom. The number of rotatable bonds is 4. The molecular weight excluding hydrogens is 266 g/mol. The molecule has 1 heterocycles. The van der Waals surface area contributed by atoms with Gasteiger partial charge in [-0.15, -0.1) is 0 Å². The van der Waals surface area contributed by atoms with Crippen molar-refractivity contribution in [3.8, 4) is 0 Å². The summed E-state index contributed by atoms with van der Waals surface area (Å²) in [6, 6.07) is -1.15. The van der Waals surface area contributed by atoms with Gasteiger partial charge in [0.25, 0.3) is 0 Å². The van der Waals surface area contributed by atoms with Crippen molar-refractivity contribution < 1.29 is 24.3 Å². The number of nitrogens with zero attached hydrogens (tertiary/aromatic N) is 2. The van der Waals surface area contributed by atoms with Crippen molar-refractivity contribution in [1.29, 1.82) is 0 Å². The standard InChI is InChI=1S/C12H17N3O5/c1-7-11(19)13-9(16)6-15(7)12(20)14(8-2-3-8)5-4-10(17)18/h7-8H,2-6H2,1H3,(H,17,18)(H,13,16,19). The normalized spacial score (nSPS) is 22.4. The van der Waals surface area contributed by atoms with Crippen LogP contribution >= 0.6 is 0 Å². The van der Waals surface area contributed by atoms with Crippen LogP contribution in [0.2, 0.25) is 0 Å². The summed E-state index contributed by atoms with van der Waals surface area (Å²) in [6.45, 7) is 1.46. The van der Waals surface area contributed by atoms with E-state index in [1.54, 1.807) is 6.92 Å². The predicted molar refractivity (Wildman–Crippen MR) is 66.7 cm³/mol. The molecule has 2 rings (SSSR count). The molecule has 1 saturated heterocycles. The highest BCUT2D eigenvalue weighted by Crippen LogP contribution is 2.28. The number of carbonyl (C=O) groups is 4. The van der Waals surface area contributed by atoms with E-state index < -0.39 is 29.9 Å². The van der Waals surface area contributed by atoms with Crippen molar-refractivity contribution in [2.24, 2.45) is 0 Å². The number of amides is 4. The minimum atomic E-state index is -0.982. The molecule has 2 N–H and O–H groups in total. The monoisotopic (exact) mass is 283 g/mol. The molecule has 110 valence electrons. The average molecular weight is 283 g/mol. The number of aliphatic carboxylic acids is 1. The Kier molecular flexibility index (Phi) is 3.91. The molecule has 8 nitrogen and oxygen atoms in total. The summed E-state index contributed by atoms with van der Waals surface area (Å²) in [5, 5.41) is 10.9. The number of imide groups is 1. The minimum absolute atomic E-state index is 0.0224. The van der Waals surface area contributed by atoms with Crippen LogP contribution < -0.4 is 5.32 Å². The van der Waals surface area contributed by atoms with Gasteiger partial charge in [0.15, 0.2) is 0 Å². The number of urea groups is 1. The molecule has 20 heavy (non-hydrogen) atoms. The molecule has 1 aliphatic heterocycles. The second-order valence-corrected chi connectivity index (χ2v) is 5.07. The summed E-state index contributed by atoms with van der Waals surface area (Å²) in [5.41, 5.74) is 0. The van der Waals surface area contributed by atoms with Crippen LogP contribution in [-0.4, -0.2) is 63.9 Å². The highest BCUT2D eigenvalue weighted by molar-refractivity contribution is 6.03. The molecule has 0 aromatic heterocycles. The fraction of sp³-hybridized carbons (Fsp3) is 0.667. The zero-order valence-corrected chi connectivity index (χ0v) is 11.2. The highest BCUT2D eigenvalue weighted by atomic mass is 16.4. The molecule has 0 bridgehead atoms. The molecular formula is C12H17N3O5. The van der Waals surface area contributed by atoms with Crippen LogP contribution in [0.25, 0.3) is 0 Å². The van der Waals surface area contributed by atoms with Crippen LogP contribution in [0.5, 0.6) is 0 Å². The number of hydrogen-bond donors (Lipinski definition) is 2. The molecule has 0 spiro atoms. The van der Waals surface area contributed by atoms with E-state index in [4.69, 9.17) is 5.11 Å². The molecule has 2 aliphatic rings. The van der Waals surface area contributed by atoms with Crippen molar-refractivity contribution in [3.05, 3.63) is 0 Å². The topological polar surface area (TPSA) is 107 Å². The second-order valence-electron chi connectivity index (χ2n) is 5.07. The van der Waals surface area contributed by atoms with E-state index in [0.717, 1.165) is 12.8 Å². The van der Waals surface area contributed by atoms with Crippen LogP contribution in [0, 0.1) is 0 Å². The first-order chi connectivity index (χ1) is 9.40. The van der Waals surface area contributed by atoms with E-state index in [0.29, 0.717) is 0 Å². The Labute approximate surface area is 115 Å². The summed E-state index contributed by atoms with van der Waals surface area (Å²) in [5.74, 6) is -2.01. The molecule has 1 saturated carbocycles. The van der Waals surface area contributed by atoms with E-state index in [2.05, 4.69) is 5.32 Å². The van der Waals surface area contributed by atoms with Crippen LogP contribution in [0.15, 0.2) is 0 Å². The summed E-state index contributed by atoms with van der Waals surface area (Å²) in [6.07, 6.45) is 1.51. The van der Waals surface area contributed by atoms with Crippen molar-refractivity contribution in [2.75, 3.05) is 13.1 Å². The van der Waals surface area contributed by atoms with Gasteiger partial charge in [-0.2, -0.15) is 0 Å². The number of carboxylic acid groups (broad SMARTS) is 1. The van der Waals surface area contributed by atoms with Gasteiger partial charge in [0.2, 0.25) is 11.8 Å². The quantitative estimate of drug-likeness (QED) is 0.669. The van der Waals surface area contributed by atoms with Crippen LogP contribution in [0.1, 0.15) is 26.2 Å². The average Bonchev–Trinajstić information content (AvgIpc) is 3.17. The summed E-state index contributed by atoms with van der Waals surface area (Å²) in [7, 11) is 0. The predicted octanol–water partition coefficient (Wildman–Crippen LogP) is -0.608. The first-order valence-electron chi connectivity index (χ1n) is 6.53. The fourth-order valence-corrected chi connectivity index (χ4v) is 2.15. The van der Waals surface area contributed by atoms with E-state index in [1.807, 2.05) is 0 Å². The molecule has 1 aliphatic carbocycles. The first-order valence-corrected chi connectivity index (χ1v) is 6.53. The van der Waals surface area contributed by atoms with Gasteiger partial charge in [-0.3, -0.25) is 19.7 Å². The van der Waals surface area contributed by atoms with Crippen molar-refractivity contribution in [2.45, 2.75) is 38.3 Å². The molecule has 0 radical (unpaired) electrons. The Morgan fingerprint density at radius 2 is 2.05 bits per heavy atom. The lowest BCUT2D eigenvalue weighted by atomic mass is 10.2. The van der Waals surface area contributed by atoms with E-state index in [9.17, 15) is 19.2 Å². The number of nitrogens with one attached hydrogen (secondary N) is 1. The molecule has 1 atom stereocenters. The molecule has 2 fully saturated rings. The number of carbonyl (C=O) groups excluding carboxylic acids is 3. The lowest BCUT2D eigenvalue weighted by Crippen LogP contribution is -2.61. The van der Waals surface area contributed by atoms with E-state index in [-0.39, 0.29) is 25.6 Å². The maximum atomic E-state index is 12.4. The largest absolute Gasteiger partial charge is 0.481 e. The molecule has 0 aromatic carbocycles. The Hall–Kier alpha value is -2.12. The lowest BCUT2D eigenvalue weighted by molar-refractivity contribution is -0.139. The Balaban J connectivity index is 2.07. The van der Waals surface area contributed by atoms with Gasteiger partial charge >= 0.3 is 12.0 Å².